The van der Waals surface area contributed by atoms with Crippen LogP contribution in [0.1, 0.15) is 25.3 Å². The summed E-state index contributed by atoms with van der Waals surface area (Å²) >= 11 is 0. The molecule has 1 aromatic heterocycles. The predicted molar refractivity (Wildman–Crippen MR) is 65.9 cm³/mol. The minimum absolute atomic E-state index is 0.108. The van der Waals surface area contributed by atoms with Gasteiger partial charge in [0.25, 0.3) is 0 Å². The van der Waals surface area contributed by atoms with Crippen LogP contribution in [0, 0.1) is 0 Å². The minimum atomic E-state index is 0.108. The maximum Gasteiger partial charge on any atom is 0.138 e. The summed E-state index contributed by atoms with van der Waals surface area (Å²) in [5.74, 6) is 0. The van der Waals surface area contributed by atoms with Crippen molar-refractivity contribution < 1.29 is 0 Å². The normalized spacial score (nSPS) is 24.1. The first-order valence-electron chi connectivity index (χ1n) is 5.98. The van der Waals surface area contributed by atoms with Crippen molar-refractivity contribution in [1.82, 2.24) is 20.1 Å². The topological polar surface area (TPSA) is 42.7 Å². The monoisotopic (exact) mass is 228 g/mol. The van der Waals surface area contributed by atoms with Crippen molar-refractivity contribution in [2.75, 3.05) is 6.54 Å². The van der Waals surface area contributed by atoms with E-state index in [2.05, 4.69) is 46.6 Å². The lowest BCUT2D eigenvalue weighted by atomic mass is 9.90. The third-order valence-electron chi connectivity index (χ3n) is 3.54. The van der Waals surface area contributed by atoms with Crippen LogP contribution in [0.15, 0.2) is 36.9 Å². The molecule has 3 rings (SSSR count). The van der Waals surface area contributed by atoms with E-state index in [1.807, 2.05) is 0 Å². The number of aromatic nitrogens is 3. The van der Waals surface area contributed by atoms with E-state index in [1.165, 1.54) is 18.4 Å². The Bertz CT molecular complexity index is 498. The smallest absolute Gasteiger partial charge is 0.138 e. The molecule has 1 fully saturated rings. The second-order valence-corrected chi connectivity index (χ2v) is 4.75. The third kappa shape index (κ3) is 1.85. The van der Waals surface area contributed by atoms with Gasteiger partial charge in [-0.25, -0.2) is 9.67 Å². The van der Waals surface area contributed by atoms with Crippen LogP contribution in [-0.2, 0) is 5.54 Å². The molecule has 0 amide bonds. The predicted octanol–water partition coefficient (Wildman–Crippen LogP) is 1.87. The molecule has 2 heterocycles. The highest BCUT2D eigenvalue weighted by atomic mass is 15.3. The summed E-state index contributed by atoms with van der Waals surface area (Å²) in [5.41, 5.74) is 2.49. The number of rotatable bonds is 2. The molecule has 1 aromatic carbocycles. The van der Waals surface area contributed by atoms with Gasteiger partial charge in [-0.1, -0.05) is 12.1 Å². The minimum Gasteiger partial charge on any atom is -0.308 e. The van der Waals surface area contributed by atoms with Crippen LogP contribution in [0.3, 0.4) is 0 Å². The highest BCUT2D eigenvalue weighted by Gasteiger charge is 2.29. The van der Waals surface area contributed by atoms with Gasteiger partial charge in [0.05, 0.1) is 5.69 Å². The number of nitrogens with zero attached hydrogens (tertiary/aromatic N) is 3. The van der Waals surface area contributed by atoms with Crippen molar-refractivity contribution in [3.63, 3.8) is 0 Å². The molecule has 88 valence electrons. The summed E-state index contributed by atoms with van der Waals surface area (Å²) in [6, 6.07) is 8.50. The Kier molecular flexibility index (Phi) is 2.44. The first-order chi connectivity index (χ1) is 8.28. The average molecular weight is 228 g/mol. The van der Waals surface area contributed by atoms with E-state index in [-0.39, 0.29) is 5.54 Å². The number of hydrogen-bond donors (Lipinski definition) is 1. The molecule has 0 bridgehead atoms. The summed E-state index contributed by atoms with van der Waals surface area (Å²) in [6.45, 7) is 3.37. The molecular formula is C13H16N4. The van der Waals surface area contributed by atoms with Gasteiger partial charge in [-0.15, -0.1) is 0 Å². The van der Waals surface area contributed by atoms with Crippen molar-refractivity contribution in [3.05, 3.63) is 42.5 Å². The van der Waals surface area contributed by atoms with Gasteiger partial charge in [0.2, 0.25) is 0 Å². The number of nitrogens with one attached hydrogen (secondary N) is 1. The van der Waals surface area contributed by atoms with Gasteiger partial charge in [0.1, 0.15) is 12.7 Å². The van der Waals surface area contributed by atoms with E-state index in [1.54, 1.807) is 17.3 Å². The van der Waals surface area contributed by atoms with Gasteiger partial charge in [-0.2, -0.15) is 5.10 Å². The molecule has 1 unspecified atom stereocenters. The first-order valence-corrected chi connectivity index (χ1v) is 5.98. The molecule has 0 spiro atoms. The Labute approximate surface area is 101 Å². The summed E-state index contributed by atoms with van der Waals surface area (Å²) in [5, 5.41) is 7.74. The van der Waals surface area contributed by atoms with E-state index in [9.17, 15) is 0 Å². The lowest BCUT2D eigenvalue weighted by Gasteiger charge is -2.25. The largest absolute Gasteiger partial charge is 0.308 e. The van der Waals surface area contributed by atoms with Crippen molar-refractivity contribution >= 4 is 0 Å². The maximum atomic E-state index is 4.16. The van der Waals surface area contributed by atoms with Crippen LogP contribution in [0.4, 0.5) is 0 Å². The van der Waals surface area contributed by atoms with Crippen LogP contribution >= 0.6 is 0 Å². The standard InChI is InChI=1S/C13H16N4/c1-13(6-3-7-15-13)11-4-2-5-12(8-11)17-10-14-9-16-17/h2,4-5,8-10,15H,3,6-7H2,1H3. The fourth-order valence-electron chi connectivity index (χ4n) is 2.47. The Hall–Kier alpha value is -1.68. The molecule has 17 heavy (non-hydrogen) atoms. The molecule has 4 heteroatoms. The Morgan fingerprint density at radius 1 is 1.41 bits per heavy atom. The SMILES string of the molecule is CC1(c2cccc(-n3cncn3)c2)CCCN1. The number of benzene rings is 1. The van der Waals surface area contributed by atoms with Crippen LogP contribution in [0.5, 0.6) is 0 Å². The molecule has 0 saturated carbocycles. The van der Waals surface area contributed by atoms with E-state index in [4.69, 9.17) is 0 Å². The van der Waals surface area contributed by atoms with Crippen LogP contribution in [0.25, 0.3) is 5.69 Å². The van der Waals surface area contributed by atoms with Gasteiger partial charge >= 0.3 is 0 Å². The zero-order chi connectivity index (χ0) is 11.7. The van der Waals surface area contributed by atoms with Crippen LogP contribution in [0.2, 0.25) is 0 Å². The molecule has 1 saturated heterocycles. The van der Waals surface area contributed by atoms with Crippen molar-refractivity contribution in [3.8, 4) is 5.69 Å². The molecule has 1 atom stereocenters. The van der Waals surface area contributed by atoms with E-state index >= 15 is 0 Å². The Morgan fingerprint density at radius 2 is 2.35 bits per heavy atom. The average Bonchev–Trinajstić information content (AvgIpc) is 3.01. The number of hydrogen-bond acceptors (Lipinski definition) is 3. The van der Waals surface area contributed by atoms with Gasteiger partial charge < -0.3 is 5.32 Å². The van der Waals surface area contributed by atoms with Crippen molar-refractivity contribution in [2.24, 2.45) is 0 Å². The van der Waals surface area contributed by atoms with E-state index in [0.717, 1.165) is 12.2 Å². The van der Waals surface area contributed by atoms with Crippen molar-refractivity contribution in [2.45, 2.75) is 25.3 Å². The van der Waals surface area contributed by atoms with Gasteiger partial charge in [-0.05, 0) is 44.0 Å². The Balaban J connectivity index is 1.99. The highest BCUT2D eigenvalue weighted by Crippen LogP contribution is 2.30. The quantitative estimate of drug-likeness (QED) is 0.853. The maximum absolute atomic E-state index is 4.16. The lowest BCUT2D eigenvalue weighted by molar-refractivity contribution is 0.434. The second kappa shape index (κ2) is 3.96. The fraction of sp³-hybridized carbons (Fsp3) is 0.385. The summed E-state index contributed by atoms with van der Waals surface area (Å²) in [4.78, 5) is 3.98. The molecule has 0 aliphatic carbocycles. The molecule has 1 aliphatic heterocycles. The summed E-state index contributed by atoms with van der Waals surface area (Å²) < 4.78 is 1.79. The zero-order valence-electron chi connectivity index (χ0n) is 9.93. The first kappa shape index (κ1) is 10.5. The molecule has 2 aromatic rings. The summed E-state index contributed by atoms with van der Waals surface area (Å²) in [7, 11) is 0. The molecular weight excluding hydrogens is 212 g/mol. The lowest BCUT2D eigenvalue weighted by Crippen LogP contribution is -2.33. The fourth-order valence-corrected chi connectivity index (χ4v) is 2.47. The van der Waals surface area contributed by atoms with E-state index in [0.29, 0.717) is 0 Å². The third-order valence-corrected chi connectivity index (χ3v) is 3.54. The van der Waals surface area contributed by atoms with Gasteiger partial charge in [0, 0.05) is 5.54 Å². The molecule has 0 radical (unpaired) electrons. The van der Waals surface area contributed by atoms with Crippen LogP contribution < -0.4 is 5.32 Å². The molecule has 1 aliphatic rings. The highest BCUT2D eigenvalue weighted by molar-refractivity contribution is 5.38. The summed E-state index contributed by atoms with van der Waals surface area (Å²) in [6.07, 6.45) is 5.71. The van der Waals surface area contributed by atoms with Crippen LogP contribution in [-0.4, -0.2) is 21.3 Å². The second-order valence-electron chi connectivity index (χ2n) is 4.75. The van der Waals surface area contributed by atoms with Gasteiger partial charge in [-0.3, -0.25) is 0 Å². The van der Waals surface area contributed by atoms with Gasteiger partial charge in [0.15, 0.2) is 0 Å². The Morgan fingerprint density at radius 3 is 3.06 bits per heavy atom. The molecule has 4 nitrogen and oxygen atoms in total. The molecule has 1 N–H and O–H groups in total. The van der Waals surface area contributed by atoms with E-state index < -0.39 is 0 Å². The zero-order valence-corrected chi connectivity index (χ0v) is 9.93. The van der Waals surface area contributed by atoms with Crippen molar-refractivity contribution in [1.29, 1.82) is 0 Å².